The fourth-order valence-corrected chi connectivity index (χ4v) is 1.86. The monoisotopic (exact) mass is 384 g/mol. The van der Waals surface area contributed by atoms with E-state index < -0.39 is 12.3 Å². The molecule has 0 saturated carbocycles. The third-order valence-corrected chi connectivity index (χ3v) is 3.15. The number of nitrogens with two attached hydrogens (primary N) is 2. The van der Waals surface area contributed by atoms with Crippen LogP contribution in [0, 0.1) is 0 Å². The average Bonchev–Trinajstić information content (AvgIpc) is 2.62. The summed E-state index contributed by atoms with van der Waals surface area (Å²) in [6.45, 7) is 0. The summed E-state index contributed by atoms with van der Waals surface area (Å²) in [4.78, 5) is 9.87. The molecule has 2 aromatic rings. The van der Waals surface area contributed by atoms with Gasteiger partial charge in [0.15, 0.2) is 5.70 Å². The van der Waals surface area contributed by atoms with Crippen molar-refractivity contribution in [3.05, 3.63) is 60.4 Å². The highest BCUT2D eigenvalue weighted by Crippen LogP contribution is 2.27. The number of nitrogens with one attached hydrogen (secondary N) is 2. The van der Waals surface area contributed by atoms with Crippen LogP contribution in [0.15, 0.2) is 60.4 Å². The Labute approximate surface area is 153 Å². The molecule has 0 aliphatic heterocycles. The summed E-state index contributed by atoms with van der Waals surface area (Å²) in [5.74, 6) is 3.31. The number of benzene rings is 2. The number of rotatable bonds is 5. The molecule has 0 amide bonds. The molecule has 146 valence electrons. The van der Waals surface area contributed by atoms with Gasteiger partial charge in [-0.05, 0) is 35.4 Å². The molecule has 0 saturated heterocycles. The minimum absolute atomic E-state index is 0.218. The average molecular weight is 384 g/mol. The lowest BCUT2D eigenvalue weighted by Crippen LogP contribution is -2.27. The predicted octanol–water partition coefficient (Wildman–Crippen LogP) is 2.63. The van der Waals surface area contributed by atoms with E-state index in [1.54, 1.807) is 12.1 Å². The molecule has 7 N–H and O–H groups in total. The summed E-state index contributed by atoms with van der Waals surface area (Å²) in [6.07, 6.45) is -3.78. The number of ether oxygens (including phenoxy) is 1. The van der Waals surface area contributed by atoms with E-state index in [9.17, 15) is 18.0 Å². The zero-order valence-corrected chi connectivity index (χ0v) is 14.2. The van der Waals surface area contributed by atoms with Gasteiger partial charge in [-0.15, -0.1) is 13.2 Å². The first-order valence-electron chi connectivity index (χ1n) is 7.46. The van der Waals surface area contributed by atoms with Gasteiger partial charge < -0.3 is 26.3 Å². The topological polar surface area (TPSA) is 123 Å². The van der Waals surface area contributed by atoms with Gasteiger partial charge in [0.1, 0.15) is 5.75 Å². The Hall–Kier alpha value is -3.40. The van der Waals surface area contributed by atoms with Crippen molar-refractivity contribution < 1.29 is 27.8 Å². The largest absolute Gasteiger partial charge is 0.573 e. The van der Waals surface area contributed by atoms with Crippen molar-refractivity contribution in [2.75, 3.05) is 12.4 Å². The van der Waals surface area contributed by atoms with Gasteiger partial charge in [-0.2, -0.15) is 0 Å². The maximum Gasteiger partial charge on any atom is 0.573 e. The summed E-state index contributed by atoms with van der Waals surface area (Å²) in [7, 11) is 1.82. The second-order valence-corrected chi connectivity index (χ2v) is 4.93. The van der Waals surface area contributed by atoms with Crippen LogP contribution in [0.25, 0.3) is 11.1 Å². The number of halogens is 3. The van der Waals surface area contributed by atoms with Crippen LogP contribution in [0.4, 0.5) is 18.9 Å². The van der Waals surface area contributed by atoms with Crippen molar-refractivity contribution in [3.8, 4) is 16.9 Å². The number of aliphatic carboxylic acids is 1. The smallest absolute Gasteiger partial charge is 0.476 e. The Morgan fingerprint density at radius 3 is 1.85 bits per heavy atom. The van der Waals surface area contributed by atoms with Crippen molar-refractivity contribution in [1.82, 2.24) is 5.43 Å². The van der Waals surface area contributed by atoms with Gasteiger partial charge in [0.25, 0.3) is 0 Å². The predicted molar refractivity (Wildman–Crippen MR) is 95.3 cm³/mol. The number of hydrogen-bond donors (Lipinski definition) is 5. The van der Waals surface area contributed by atoms with E-state index in [0.29, 0.717) is 0 Å². The first-order valence-corrected chi connectivity index (χ1v) is 7.46. The molecule has 0 fully saturated rings. The summed E-state index contributed by atoms with van der Waals surface area (Å²) >= 11 is 0. The lowest BCUT2D eigenvalue weighted by Gasteiger charge is -2.09. The number of hydrazine groups is 1. The number of carboxylic acids is 1. The first kappa shape index (κ1) is 21.6. The molecule has 0 heterocycles. The van der Waals surface area contributed by atoms with Gasteiger partial charge in [-0.25, -0.2) is 4.79 Å². The van der Waals surface area contributed by atoms with Crippen LogP contribution in [0.1, 0.15) is 0 Å². The molecular weight excluding hydrogens is 365 g/mol. The highest BCUT2D eigenvalue weighted by atomic mass is 19.4. The zero-order valence-electron chi connectivity index (χ0n) is 14.2. The highest BCUT2D eigenvalue weighted by Gasteiger charge is 2.30. The molecule has 2 aromatic carbocycles. The Bertz CT molecular complexity index is 760. The number of carbonyl (C=O) groups is 1. The van der Waals surface area contributed by atoms with Crippen LogP contribution < -0.4 is 27.1 Å². The zero-order chi connectivity index (χ0) is 20.4. The van der Waals surface area contributed by atoms with Crippen LogP contribution in [0.3, 0.4) is 0 Å². The summed E-state index contributed by atoms with van der Waals surface area (Å²) in [6, 6.07) is 13.4. The lowest BCUT2D eigenvalue weighted by atomic mass is 10.1. The standard InChI is InChI=1S/C14H12F3NO.C3H7N3O2/c1-18-12-6-2-10(3-7-12)11-4-8-13(9-5-11)19-14(15,16)17;4-1-2(6-5)3(7)8/h2-9,18H,1H3;1,6H,4-5H2,(H,7,8)/b;2-1-. The quantitative estimate of drug-likeness (QED) is 0.305. The number of hydrogen-bond acceptors (Lipinski definition) is 6. The van der Waals surface area contributed by atoms with Crippen molar-refractivity contribution in [2.45, 2.75) is 6.36 Å². The Balaban J connectivity index is 0.000000387. The van der Waals surface area contributed by atoms with Gasteiger partial charge in [-0.3, -0.25) is 5.84 Å². The van der Waals surface area contributed by atoms with E-state index in [1.165, 1.54) is 12.1 Å². The fourth-order valence-electron chi connectivity index (χ4n) is 1.86. The van der Waals surface area contributed by atoms with Crippen LogP contribution in [-0.4, -0.2) is 24.5 Å². The van der Waals surface area contributed by atoms with Gasteiger partial charge in [-0.1, -0.05) is 24.3 Å². The highest BCUT2D eigenvalue weighted by molar-refractivity contribution is 5.85. The van der Waals surface area contributed by atoms with E-state index in [-0.39, 0.29) is 11.4 Å². The lowest BCUT2D eigenvalue weighted by molar-refractivity contribution is -0.274. The summed E-state index contributed by atoms with van der Waals surface area (Å²) < 4.78 is 39.9. The third-order valence-electron chi connectivity index (χ3n) is 3.15. The molecule has 27 heavy (non-hydrogen) atoms. The molecule has 10 heteroatoms. The molecule has 0 radical (unpaired) electrons. The SMILES string of the molecule is CNc1ccc(-c2ccc(OC(F)(F)F)cc2)cc1.N/C=C(\NN)C(=O)O. The van der Waals surface area contributed by atoms with Gasteiger partial charge in [0, 0.05) is 18.9 Å². The van der Waals surface area contributed by atoms with Crippen molar-refractivity contribution in [2.24, 2.45) is 11.6 Å². The molecule has 7 nitrogen and oxygen atoms in total. The van der Waals surface area contributed by atoms with E-state index in [4.69, 9.17) is 16.7 Å². The van der Waals surface area contributed by atoms with Crippen LogP contribution >= 0.6 is 0 Å². The van der Waals surface area contributed by atoms with Crippen LogP contribution in [-0.2, 0) is 4.79 Å². The summed E-state index contributed by atoms with van der Waals surface area (Å²) in [5.41, 5.74) is 9.20. The minimum atomic E-state index is -4.66. The van der Waals surface area contributed by atoms with Gasteiger partial charge in [0.2, 0.25) is 0 Å². The Morgan fingerprint density at radius 1 is 1.07 bits per heavy atom. The van der Waals surface area contributed by atoms with E-state index in [0.717, 1.165) is 23.0 Å². The van der Waals surface area contributed by atoms with Gasteiger partial charge in [0.05, 0.1) is 0 Å². The maximum absolute atomic E-state index is 12.0. The number of alkyl halides is 3. The van der Waals surface area contributed by atoms with Crippen molar-refractivity contribution >= 4 is 11.7 Å². The molecule has 0 atom stereocenters. The van der Waals surface area contributed by atoms with Crippen LogP contribution in [0.2, 0.25) is 0 Å². The molecule has 0 bridgehead atoms. The van der Waals surface area contributed by atoms with E-state index in [2.05, 4.69) is 10.1 Å². The second-order valence-electron chi connectivity index (χ2n) is 4.93. The van der Waals surface area contributed by atoms with E-state index in [1.807, 2.05) is 36.7 Å². The fraction of sp³-hybridized carbons (Fsp3) is 0.118. The van der Waals surface area contributed by atoms with Crippen molar-refractivity contribution in [3.63, 3.8) is 0 Å². The Kier molecular flexibility index (Phi) is 7.95. The molecule has 0 unspecified atom stereocenters. The molecular formula is C17H19F3N4O3. The molecule has 0 aliphatic carbocycles. The molecule has 2 rings (SSSR count). The first-order chi connectivity index (χ1) is 12.7. The van der Waals surface area contributed by atoms with E-state index >= 15 is 0 Å². The van der Waals surface area contributed by atoms with Crippen LogP contribution in [0.5, 0.6) is 5.75 Å². The summed E-state index contributed by atoms with van der Waals surface area (Å²) in [5, 5.41) is 11.1. The Morgan fingerprint density at radius 2 is 1.56 bits per heavy atom. The van der Waals surface area contributed by atoms with Gasteiger partial charge >= 0.3 is 12.3 Å². The molecule has 0 aromatic heterocycles. The normalized spacial score (nSPS) is 11.1. The third kappa shape index (κ3) is 7.57. The minimum Gasteiger partial charge on any atom is -0.476 e. The number of carboxylic acid groups (broad SMARTS) is 1. The van der Waals surface area contributed by atoms with Crippen molar-refractivity contribution in [1.29, 1.82) is 0 Å². The molecule has 0 spiro atoms. The second kappa shape index (κ2) is 9.92. The molecule has 0 aliphatic rings. The number of anilines is 1. The maximum atomic E-state index is 12.0.